The predicted octanol–water partition coefficient (Wildman–Crippen LogP) is 3.47. The van der Waals surface area contributed by atoms with E-state index in [2.05, 4.69) is 0 Å². The highest BCUT2D eigenvalue weighted by Crippen LogP contribution is 2.39. The zero-order chi connectivity index (χ0) is 13.4. The third kappa shape index (κ3) is 2.93. The van der Waals surface area contributed by atoms with Gasteiger partial charge in [0.25, 0.3) is 0 Å². The van der Waals surface area contributed by atoms with Crippen LogP contribution >= 0.6 is 0 Å². The molecule has 0 aromatic rings. The van der Waals surface area contributed by atoms with Gasteiger partial charge in [0.15, 0.2) is 5.78 Å². The summed E-state index contributed by atoms with van der Waals surface area (Å²) in [6.07, 6.45) is 3.03. The molecule has 0 N–H and O–H groups in total. The normalized spacial score (nSPS) is 18.2. The summed E-state index contributed by atoms with van der Waals surface area (Å²) in [5.74, 6) is 0.146. The molecule has 0 saturated carbocycles. The molecule has 0 amide bonds. The van der Waals surface area contributed by atoms with Crippen LogP contribution in [0.3, 0.4) is 0 Å². The Bertz CT molecular complexity index is 409. The van der Waals surface area contributed by atoms with E-state index in [0.29, 0.717) is 12.0 Å². The molecule has 17 heavy (non-hydrogen) atoms. The van der Waals surface area contributed by atoms with E-state index in [-0.39, 0.29) is 16.6 Å². The van der Waals surface area contributed by atoms with E-state index in [9.17, 15) is 9.59 Å². The number of Topliss-reactive ketones (excluding diaryl/α,β-unsaturated/α-hetero) is 1. The quantitative estimate of drug-likeness (QED) is 0.651. The number of rotatable bonds is 1. The highest BCUT2D eigenvalue weighted by atomic mass is 16.1. The van der Waals surface area contributed by atoms with E-state index >= 15 is 0 Å². The van der Waals surface area contributed by atoms with Crippen LogP contribution in [0.5, 0.6) is 0 Å². The number of ketones is 1. The maximum absolute atomic E-state index is 12.1. The molecule has 0 heterocycles. The van der Waals surface area contributed by atoms with Crippen LogP contribution in [0.2, 0.25) is 0 Å². The Hall–Kier alpha value is -1.18. The van der Waals surface area contributed by atoms with Crippen molar-refractivity contribution in [3.8, 4) is 0 Å². The van der Waals surface area contributed by atoms with Gasteiger partial charge in [-0.05, 0) is 22.5 Å². The van der Waals surface area contributed by atoms with Gasteiger partial charge in [-0.15, -0.1) is 0 Å². The Balaban J connectivity index is 3.35. The Labute approximate surface area is 104 Å². The van der Waals surface area contributed by atoms with Crippen LogP contribution in [-0.4, -0.2) is 12.1 Å². The summed E-state index contributed by atoms with van der Waals surface area (Å²) in [6, 6.07) is 0. The van der Waals surface area contributed by atoms with Crippen molar-refractivity contribution in [1.82, 2.24) is 0 Å². The fourth-order valence-corrected chi connectivity index (χ4v) is 2.12. The molecule has 0 bridgehead atoms. The lowest BCUT2D eigenvalue weighted by Crippen LogP contribution is -2.26. The van der Waals surface area contributed by atoms with Crippen molar-refractivity contribution in [2.45, 2.75) is 48.0 Å². The molecule has 0 aromatic heterocycles. The van der Waals surface area contributed by atoms with E-state index < -0.39 is 0 Å². The number of carbonyl (C=O) groups is 2. The largest absolute Gasteiger partial charge is 0.298 e. The Morgan fingerprint density at radius 3 is 1.94 bits per heavy atom. The molecule has 0 spiro atoms. The molecule has 2 heteroatoms. The van der Waals surface area contributed by atoms with Crippen molar-refractivity contribution in [1.29, 1.82) is 0 Å². The molecule has 0 atom stereocenters. The van der Waals surface area contributed by atoms with E-state index in [1.807, 2.05) is 41.5 Å². The Morgan fingerprint density at radius 1 is 1.06 bits per heavy atom. The highest BCUT2D eigenvalue weighted by molar-refractivity contribution is 6.03. The molecule has 0 saturated heterocycles. The summed E-state index contributed by atoms with van der Waals surface area (Å²) >= 11 is 0. The summed E-state index contributed by atoms with van der Waals surface area (Å²) in [6.45, 7) is 12.1. The third-order valence-corrected chi connectivity index (χ3v) is 3.13. The smallest absolute Gasteiger partial charge is 0.163 e. The zero-order valence-corrected chi connectivity index (χ0v) is 11.7. The molecule has 2 nitrogen and oxygen atoms in total. The second-order valence-corrected chi connectivity index (χ2v) is 6.71. The Kier molecular flexibility index (Phi) is 3.47. The van der Waals surface area contributed by atoms with Gasteiger partial charge in [0, 0.05) is 17.6 Å². The lowest BCUT2D eigenvalue weighted by molar-refractivity contribution is -0.116. The van der Waals surface area contributed by atoms with Crippen LogP contribution in [0.25, 0.3) is 0 Å². The van der Waals surface area contributed by atoms with E-state index in [1.54, 1.807) is 6.08 Å². The van der Waals surface area contributed by atoms with Gasteiger partial charge in [0.05, 0.1) is 0 Å². The van der Waals surface area contributed by atoms with Gasteiger partial charge in [0.1, 0.15) is 6.29 Å². The summed E-state index contributed by atoms with van der Waals surface area (Å²) in [7, 11) is 0. The number of allylic oxidation sites excluding steroid dienone is 4. The molecule has 0 fully saturated rings. The lowest BCUT2D eigenvalue weighted by atomic mass is 9.72. The lowest BCUT2D eigenvalue weighted by Gasteiger charge is -2.31. The van der Waals surface area contributed by atoms with Crippen LogP contribution in [-0.2, 0) is 9.59 Å². The molecular weight excluding hydrogens is 212 g/mol. The first-order chi connectivity index (χ1) is 7.57. The van der Waals surface area contributed by atoms with Crippen LogP contribution in [0, 0.1) is 10.8 Å². The minimum atomic E-state index is -0.200. The summed E-state index contributed by atoms with van der Waals surface area (Å²) in [5, 5.41) is 0. The molecule has 1 rings (SSSR count). The molecule has 94 valence electrons. The van der Waals surface area contributed by atoms with Crippen LogP contribution in [0.1, 0.15) is 48.0 Å². The monoisotopic (exact) mass is 234 g/mol. The molecule has 0 unspecified atom stereocenters. The van der Waals surface area contributed by atoms with Crippen molar-refractivity contribution in [3.05, 3.63) is 22.8 Å². The summed E-state index contributed by atoms with van der Waals surface area (Å²) in [4.78, 5) is 23.3. The number of aldehydes is 1. The summed E-state index contributed by atoms with van der Waals surface area (Å²) in [5.41, 5.74) is 2.06. The molecule has 0 aliphatic heterocycles. The van der Waals surface area contributed by atoms with Crippen molar-refractivity contribution in [3.63, 3.8) is 0 Å². The fourth-order valence-electron chi connectivity index (χ4n) is 2.12. The van der Waals surface area contributed by atoms with E-state index in [0.717, 1.165) is 17.4 Å². The second-order valence-electron chi connectivity index (χ2n) is 6.71. The minimum absolute atomic E-state index is 0.133. The first kappa shape index (κ1) is 13.9. The zero-order valence-electron chi connectivity index (χ0n) is 11.7. The van der Waals surface area contributed by atoms with Crippen molar-refractivity contribution in [2.75, 3.05) is 0 Å². The molecule has 0 radical (unpaired) electrons. The molecular formula is C15H22O2. The SMILES string of the molecule is CC(C)(C)C1=CC(C=O)=C(C(C)(C)C)CC1=O. The first-order valence-corrected chi connectivity index (χ1v) is 6.01. The Morgan fingerprint density at radius 2 is 1.59 bits per heavy atom. The first-order valence-electron chi connectivity index (χ1n) is 6.01. The van der Waals surface area contributed by atoms with E-state index in [4.69, 9.17) is 0 Å². The van der Waals surface area contributed by atoms with Crippen LogP contribution in [0.4, 0.5) is 0 Å². The van der Waals surface area contributed by atoms with Crippen LogP contribution in [0.15, 0.2) is 22.8 Å². The van der Waals surface area contributed by atoms with Gasteiger partial charge in [-0.1, -0.05) is 41.5 Å². The third-order valence-electron chi connectivity index (χ3n) is 3.13. The van der Waals surface area contributed by atoms with Gasteiger partial charge < -0.3 is 0 Å². The predicted molar refractivity (Wildman–Crippen MR) is 69.7 cm³/mol. The van der Waals surface area contributed by atoms with Gasteiger partial charge in [-0.3, -0.25) is 9.59 Å². The molecule has 0 aromatic carbocycles. The average Bonchev–Trinajstić information content (AvgIpc) is 2.14. The molecule has 1 aliphatic rings. The topological polar surface area (TPSA) is 34.1 Å². The number of hydrogen-bond acceptors (Lipinski definition) is 2. The van der Waals surface area contributed by atoms with Gasteiger partial charge >= 0.3 is 0 Å². The number of carbonyl (C=O) groups excluding carboxylic acids is 2. The minimum Gasteiger partial charge on any atom is -0.298 e. The fraction of sp³-hybridized carbons (Fsp3) is 0.600. The van der Waals surface area contributed by atoms with Crippen LogP contribution < -0.4 is 0 Å². The van der Waals surface area contributed by atoms with Gasteiger partial charge in [-0.25, -0.2) is 0 Å². The van der Waals surface area contributed by atoms with Gasteiger partial charge in [0.2, 0.25) is 0 Å². The van der Waals surface area contributed by atoms with Gasteiger partial charge in [-0.2, -0.15) is 0 Å². The molecule has 1 aliphatic carbocycles. The average molecular weight is 234 g/mol. The number of hydrogen-bond donors (Lipinski definition) is 0. The van der Waals surface area contributed by atoms with Crippen molar-refractivity contribution >= 4 is 12.1 Å². The maximum Gasteiger partial charge on any atom is 0.163 e. The standard InChI is InChI=1S/C15H22O2/c1-14(2,3)11-8-13(17)12(15(4,5)6)7-10(11)9-16/h7,9H,8H2,1-6H3. The summed E-state index contributed by atoms with van der Waals surface area (Å²) < 4.78 is 0. The maximum atomic E-state index is 12.1. The van der Waals surface area contributed by atoms with E-state index in [1.165, 1.54) is 0 Å². The van der Waals surface area contributed by atoms with Crippen molar-refractivity contribution in [2.24, 2.45) is 10.8 Å². The highest BCUT2D eigenvalue weighted by Gasteiger charge is 2.32. The second kappa shape index (κ2) is 4.25. The van der Waals surface area contributed by atoms with Crippen molar-refractivity contribution < 1.29 is 9.59 Å².